The van der Waals surface area contributed by atoms with Crippen LogP contribution in [0.5, 0.6) is 0 Å². The van der Waals surface area contributed by atoms with Crippen LogP contribution in [-0.4, -0.2) is 18.5 Å². The molecule has 10 heavy (non-hydrogen) atoms. The summed E-state index contributed by atoms with van der Waals surface area (Å²) in [5.41, 5.74) is 0. The van der Waals surface area contributed by atoms with Gasteiger partial charge in [0.05, 0.1) is 23.7 Å². The predicted octanol–water partition coefficient (Wildman–Crippen LogP) is 1.21. The summed E-state index contributed by atoms with van der Waals surface area (Å²) in [4.78, 5) is 11.3. The Morgan fingerprint density at radius 3 is 3.00 bits per heavy atom. The van der Waals surface area contributed by atoms with Gasteiger partial charge in [0.25, 0.3) is 7.15 Å². The Hall–Kier alpha value is 0.660. The molecule has 0 saturated carbocycles. The maximum atomic E-state index is 11.3. The standard InChI is InChI=1S/C5H11O3PS/c1-3-7-9(6)8-5(2)4-10-9/h5H,3-4H2,1-2H3/t5-,9?/m1/s1. The topological polar surface area (TPSA) is 41.5 Å². The van der Waals surface area contributed by atoms with Crippen LogP contribution in [0.1, 0.15) is 13.8 Å². The van der Waals surface area contributed by atoms with E-state index in [1.165, 1.54) is 11.4 Å². The van der Waals surface area contributed by atoms with Crippen LogP contribution in [0.2, 0.25) is 0 Å². The van der Waals surface area contributed by atoms with Crippen LogP contribution in [0, 0.1) is 0 Å². The van der Waals surface area contributed by atoms with Crippen LogP contribution < -0.4 is 4.89 Å². The normalized spacial score (nSPS) is 40.5. The summed E-state index contributed by atoms with van der Waals surface area (Å²) >= 11 is 1.29. The van der Waals surface area contributed by atoms with Crippen molar-refractivity contribution in [3.63, 3.8) is 0 Å². The van der Waals surface area contributed by atoms with Gasteiger partial charge in [0.2, 0.25) is 0 Å². The highest BCUT2D eigenvalue weighted by Crippen LogP contribution is 2.69. The molecule has 60 valence electrons. The number of hydrogen-bond donors (Lipinski definition) is 0. The summed E-state index contributed by atoms with van der Waals surface area (Å²) in [6.45, 7) is 4.16. The average Bonchev–Trinajstić information content (AvgIpc) is 2.12. The van der Waals surface area contributed by atoms with E-state index in [0.717, 1.165) is 5.75 Å². The van der Waals surface area contributed by atoms with Gasteiger partial charge >= 0.3 is 0 Å². The molecule has 5 heteroatoms. The number of rotatable bonds is 2. The molecule has 1 fully saturated rings. The molecule has 0 aromatic heterocycles. The fourth-order valence-electron chi connectivity index (χ4n) is 0.703. The highest BCUT2D eigenvalue weighted by atomic mass is 32.7. The van der Waals surface area contributed by atoms with Crippen molar-refractivity contribution >= 4 is 18.5 Å². The van der Waals surface area contributed by atoms with E-state index >= 15 is 0 Å². The SMILES string of the molecule is CCO[P+]1([O-])O[C@H](C)CS1. The van der Waals surface area contributed by atoms with Gasteiger partial charge in [-0.25, -0.2) is 0 Å². The molecule has 1 aliphatic heterocycles. The van der Waals surface area contributed by atoms with Crippen LogP contribution >= 0.6 is 18.5 Å². The molecule has 0 aromatic carbocycles. The highest BCUT2D eigenvalue weighted by molar-refractivity contribution is 8.57. The predicted molar refractivity (Wildman–Crippen MR) is 41.6 cm³/mol. The van der Waals surface area contributed by atoms with Gasteiger partial charge in [0.15, 0.2) is 0 Å². The van der Waals surface area contributed by atoms with E-state index in [1.54, 1.807) is 0 Å². The summed E-state index contributed by atoms with van der Waals surface area (Å²) < 4.78 is 10.0. The quantitative estimate of drug-likeness (QED) is 0.602. The molecule has 1 unspecified atom stereocenters. The van der Waals surface area contributed by atoms with Crippen molar-refractivity contribution in [3.8, 4) is 0 Å². The maximum Gasteiger partial charge on any atom is 0.299 e. The minimum absolute atomic E-state index is 0.0717. The molecule has 1 aliphatic rings. The van der Waals surface area contributed by atoms with Crippen molar-refractivity contribution in [1.29, 1.82) is 0 Å². The zero-order chi connectivity index (χ0) is 7.61. The van der Waals surface area contributed by atoms with Gasteiger partial charge in [-0.2, -0.15) is 9.05 Å². The Balaban J connectivity index is 2.38. The van der Waals surface area contributed by atoms with Gasteiger partial charge in [-0.05, 0) is 13.8 Å². The van der Waals surface area contributed by atoms with Crippen LogP contribution in [0.25, 0.3) is 0 Å². The lowest BCUT2D eigenvalue weighted by Gasteiger charge is -2.18. The molecule has 0 aliphatic carbocycles. The molecule has 1 rings (SSSR count). The van der Waals surface area contributed by atoms with Crippen molar-refractivity contribution in [2.45, 2.75) is 20.0 Å². The fraction of sp³-hybridized carbons (Fsp3) is 1.00. The molecule has 0 N–H and O–H groups in total. The van der Waals surface area contributed by atoms with E-state index in [1.807, 2.05) is 13.8 Å². The van der Waals surface area contributed by atoms with Gasteiger partial charge in [0, 0.05) is 0 Å². The van der Waals surface area contributed by atoms with Gasteiger partial charge in [0.1, 0.15) is 6.10 Å². The first-order valence-electron chi connectivity index (χ1n) is 3.24. The smallest absolute Gasteiger partial charge is 0.299 e. The molecule has 0 bridgehead atoms. The van der Waals surface area contributed by atoms with Gasteiger partial charge < -0.3 is 4.89 Å². The van der Waals surface area contributed by atoms with Crippen molar-refractivity contribution in [2.24, 2.45) is 0 Å². The summed E-state index contributed by atoms with van der Waals surface area (Å²) in [7, 11) is -2.71. The zero-order valence-electron chi connectivity index (χ0n) is 6.07. The Morgan fingerprint density at radius 1 is 1.90 bits per heavy atom. The van der Waals surface area contributed by atoms with Gasteiger partial charge in [-0.3, -0.25) is 0 Å². The second kappa shape index (κ2) is 3.37. The molecule has 3 nitrogen and oxygen atoms in total. The van der Waals surface area contributed by atoms with Crippen molar-refractivity contribution in [2.75, 3.05) is 12.4 Å². The molecule has 0 amide bonds. The van der Waals surface area contributed by atoms with E-state index in [9.17, 15) is 4.89 Å². The fourth-order valence-corrected chi connectivity index (χ4v) is 4.63. The molecule has 1 heterocycles. The minimum atomic E-state index is -2.71. The second-order valence-corrected chi connectivity index (χ2v) is 6.15. The summed E-state index contributed by atoms with van der Waals surface area (Å²) in [5, 5.41) is 0. The van der Waals surface area contributed by atoms with Crippen molar-refractivity contribution < 1.29 is 13.9 Å². The summed E-state index contributed by atoms with van der Waals surface area (Å²) in [6, 6.07) is 0. The molecule has 0 spiro atoms. The lowest BCUT2D eigenvalue weighted by Crippen LogP contribution is -2.11. The molecule has 0 radical (unpaired) electrons. The van der Waals surface area contributed by atoms with Crippen molar-refractivity contribution in [1.82, 2.24) is 0 Å². The summed E-state index contributed by atoms with van der Waals surface area (Å²) in [6.07, 6.45) is 0.0717. The van der Waals surface area contributed by atoms with Crippen LogP contribution in [0.3, 0.4) is 0 Å². The first-order chi connectivity index (χ1) is 4.66. The molecule has 1 saturated heterocycles. The molecule has 2 atom stereocenters. The van der Waals surface area contributed by atoms with E-state index in [0.29, 0.717) is 6.61 Å². The monoisotopic (exact) mass is 182 g/mol. The van der Waals surface area contributed by atoms with Gasteiger partial charge in [-0.1, -0.05) is 0 Å². The Morgan fingerprint density at radius 2 is 2.60 bits per heavy atom. The lowest BCUT2D eigenvalue weighted by molar-refractivity contribution is -0.209. The molecule has 0 aromatic rings. The average molecular weight is 182 g/mol. The van der Waals surface area contributed by atoms with Crippen LogP contribution in [-0.2, 0) is 9.05 Å². The van der Waals surface area contributed by atoms with E-state index < -0.39 is 7.15 Å². The van der Waals surface area contributed by atoms with E-state index in [2.05, 4.69) is 0 Å². The first kappa shape index (κ1) is 8.75. The van der Waals surface area contributed by atoms with E-state index in [4.69, 9.17) is 9.05 Å². The second-order valence-electron chi connectivity index (χ2n) is 2.08. The zero-order valence-corrected chi connectivity index (χ0v) is 7.78. The third kappa shape index (κ3) is 2.07. The Labute approximate surface area is 65.4 Å². The van der Waals surface area contributed by atoms with Gasteiger partial charge in [-0.15, -0.1) is 0 Å². The maximum absolute atomic E-state index is 11.3. The molecular formula is C5H11O3PS. The number of hydrogen-bond acceptors (Lipinski definition) is 4. The highest BCUT2D eigenvalue weighted by Gasteiger charge is 2.41. The molecular weight excluding hydrogens is 171 g/mol. The van der Waals surface area contributed by atoms with E-state index in [-0.39, 0.29) is 6.10 Å². The summed E-state index contributed by atoms with van der Waals surface area (Å²) in [5.74, 6) is 0.775. The van der Waals surface area contributed by atoms with Crippen molar-refractivity contribution in [3.05, 3.63) is 0 Å². The minimum Gasteiger partial charge on any atom is -0.622 e. The third-order valence-corrected chi connectivity index (χ3v) is 5.16. The third-order valence-electron chi connectivity index (χ3n) is 1.06. The lowest BCUT2D eigenvalue weighted by atomic mass is 10.5. The first-order valence-corrected chi connectivity index (χ1v) is 6.37. The van der Waals surface area contributed by atoms with Crippen LogP contribution in [0.15, 0.2) is 0 Å². The van der Waals surface area contributed by atoms with Crippen LogP contribution in [0.4, 0.5) is 0 Å². The Bertz CT molecular complexity index is 119. The largest absolute Gasteiger partial charge is 0.622 e. The Kier molecular flexibility index (Phi) is 2.95.